The molecule has 0 aliphatic carbocycles. The van der Waals surface area contributed by atoms with E-state index in [0.29, 0.717) is 56.9 Å². The molecular formula is C33H48N8O6. The van der Waals surface area contributed by atoms with Crippen molar-refractivity contribution in [1.82, 2.24) is 34.6 Å². The Morgan fingerprint density at radius 3 is 2.64 bits per heavy atom. The van der Waals surface area contributed by atoms with Gasteiger partial charge in [0.05, 0.1) is 32.3 Å². The maximum absolute atomic E-state index is 13.7. The van der Waals surface area contributed by atoms with E-state index in [-0.39, 0.29) is 48.0 Å². The van der Waals surface area contributed by atoms with Gasteiger partial charge in [-0.3, -0.25) is 24.0 Å². The number of piperazine rings is 1. The fourth-order valence-electron chi connectivity index (χ4n) is 6.34. The monoisotopic (exact) mass is 652 g/mol. The van der Waals surface area contributed by atoms with Crippen molar-refractivity contribution in [1.29, 1.82) is 0 Å². The van der Waals surface area contributed by atoms with Crippen LogP contribution >= 0.6 is 0 Å². The number of H-pyrrole nitrogens is 1. The van der Waals surface area contributed by atoms with Crippen molar-refractivity contribution >= 4 is 28.9 Å². The standard InChI is InChI=1S/C33H48N8O6/c1-4-6-16-47-32-37-29(34)28-30(38-32)41(33(44)36-28)26-21-39(14-15-40(26)20-24-9-7-17-46-24)25(8-5-2)31(43)35-19-23-12-10-22(11-13-23)18-27(42)45-3/h10-13,24-26H,4-9,14-21H2,1-3H3,(H,35,43)(H,36,44)(H2,34,37,38). The van der Waals surface area contributed by atoms with Gasteiger partial charge in [-0.1, -0.05) is 51.0 Å². The number of imidazole rings is 1. The van der Waals surface area contributed by atoms with Crippen molar-refractivity contribution in [2.24, 2.45) is 0 Å². The summed E-state index contributed by atoms with van der Waals surface area (Å²) in [6, 6.07) is 7.30. The van der Waals surface area contributed by atoms with Crippen molar-refractivity contribution in [3.05, 3.63) is 45.9 Å². The molecular weight excluding hydrogens is 604 g/mol. The Kier molecular flexibility index (Phi) is 11.8. The molecule has 2 saturated heterocycles. The highest BCUT2D eigenvalue weighted by atomic mass is 16.5. The highest BCUT2D eigenvalue weighted by Crippen LogP contribution is 2.28. The Hall–Kier alpha value is -4.01. The number of ether oxygens (including phenoxy) is 3. The van der Waals surface area contributed by atoms with Gasteiger partial charge in [-0.25, -0.2) is 4.79 Å². The van der Waals surface area contributed by atoms with Crippen molar-refractivity contribution in [3.63, 3.8) is 0 Å². The van der Waals surface area contributed by atoms with Crippen LogP contribution in [0.2, 0.25) is 0 Å². The van der Waals surface area contributed by atoms with Crippen LogP contribution in [0.4, 0.5) is 5.82 Å². The number of rotatable bonds is 15. The molecule has 47 heavy (non-hydrogen) atoms. The molecule has 0 bridgehead atoms. The minimum absolute atomic E-state index is 0.0683. The molecule has 14 heteroatoms. The molecule has 4 N–H and O–H groups in total. The number of methoxy groups -OCH3 is 1. The third-order valence-electron chi connectivity index (χ3n) is 8.93. The number of anilines is 1. The van der Waals surface area contributed by atoms with Crippen LogP contribution in [0.3, 0.4) is 0 Å². The number of nitrogen functional groups attached to an aromatic ring is 1. The molecule has 1 aromatic carbocycles. The van der Waals surface area contributed by atoms with Crippen molar-refractivity contribution in [2.75, 3.05) is 52.2 Å². The van der Waals surface area contributed by atoms with Gasteiger partial charge in [0, 0.05) is 39.3 Å². The zero-order valence-corrected chi connectivity index (χ0v) is 27.7. The summed E-state index contributed by atoms with van der Waals surface area (Å²) in [4.78, 5) is 55.1. The van der Waals surface area contributed by atoms with Gasteiger partial charge in [-0.05, 0) is 36.8 Å². The number of hydrogen-bond acceptors (Lipinski definition) is 11. The molecule has 2 fully saturated rings. The lowest BCUT2D eigenvalue weighted by molar-refractivity contribution is -0.139. The number of aromatic amines is 1. The number of nitrogens with one attached hydrogen (secondary N) is 2. The second-order valence-corrected chi connectivity index (χ2v) is 12.3. The van der Waals surface area contributed by atoms with Gasteiger partial charge >= 0.3 is 17.7 Å². The zero-order chi connectivity index (χ0) is 33.3. The van der Waals surface area contributed by atoms with Crippen LogP contribution in [-0.4, -0.2) is 99.8 Å². The van der Waals surface area contributed by atoms with E-state index < -0.39 is 6.17 Å². The summed E-state index contributed by atoms with van der Waals surface area (Å²) in [5, 5.41) is 3.12. The number of esters is 1. The van der Waals surface area contributed by atoms with E-state index in [1.807, 2.05) is 24.3 Å². The number of carbonyl (C=O) groups is 2. The first-order valence-corrected chi connectivity index (χ1v) is 16.7. The summed E-state index contributed by atoms with van der Waals surface area (Å²) >= 11 is 0. The molecule has 0 spiro atoms. The summed E-state index contributed by atoms with van der Waals surface area (Å²) in [6.45, 7) is 8.06. The Morgan fingerprint density at radius 2 is 1.94 bits per heavy atom. The Morgan fingerprint density at radius 1 is 1.15 bits per heavy atom. The smallest absolute Gasteiger partial charge is 0.329 e. The summed E-state index contributed by atoms with van der Waals surface area (Å²) in [7, 11) is 1.37. The van der Waals surface area contributed by atoms with E-state index in [0.717, 1.165) is 49.8 Å². The first kappa shape index (κ1) is 34.3. The van der Waals surface area contributed by atoms with Crippen LogP contribution < -0.4 is 21.5 Å². The van der Waals surface area contributed by atoms with Crippen LogP contribution in [0.15, 0.2) is 29.1 Å². The molecule has 1 amide bonds. The summed E-state index contributed by atoms with van der Waals surface area (Å²) in [5.74, 6) is -0.215. The number of nitrogens with zero attached hydrogens (tertiary/aromatic N) is 5. The van der Waals surface area contributed by atoms with Gasteiger partial charge in [-0.15, -0.1) is 0 Å². The lowest BCUT2D eigenvalue weighted by Gasteiger charge is -2.44. The van der Waals surface area contributed by atoms with E-state index in [1.165, 1.54) is 7.11 Å². The molecule has 3 atom stereocenters. The maximum Gasteiger partial charge on any atom is 0.329 e. The topological polar surface area (TPSA) is 170 Å². The molecule has 3 aromatic rings. The first-order valence-electron chi connectivity index (χ1n) is 16.7. The minimum Gasteiger partial charge on any atom is -0.469 e. The molecule has 14 nitrogen and oxygen atoms in total. The van der Waals surface area contributed by atoms with Crippen LogP contribution in [0.5, 0.6) is 6.01 Å². The second-order valence-electron chi connectivity index (χ2n) is 12.3. The molecule has 0 saturated carbocycles. The van der Waals surface area contributed by atoms with Crippen molar-refractivity contribution in [3.8, 4) is 6.01 Å². The predicted octanol–water partition coefficient (Wildman–Crippen LogP) is 2.38. The molecule has 2 aliphatic heterocycles. The second kappa shape index (κ2) is 16.2. The Balaban J connectivity index is 1.37. The lowest BCUT2D eigenvalue weighted by atomic mass is 10.1. The van der Waals surface area contributed by atoms with Crippen LogP contribution in [0, 0.1) is 0 Å². The molecule has 2 aliphatic rings. The van der Waals surface area contributed by atoms with Crippen LogP contribution in [-0.2, 0) is 32.0 Å². The third-order valence-corrected chi connectivity index (χ3v) is 8.93. The highest BCUT2D eigenvalue weighted by Gasteiger charge is 2.37. The molecule has 256 valence electrons. The molecule has 0 radical (unpaired) electrons. The van der Waals surface area contributed by atoms with Crippen molar-refractivity contribution < 1.29 is 23.8 Å². The van der Waals surface area contributed by atoms with Crippen LogP contribution in [0.25, 0.3) is 11.2 Å². The molecule has 5 rings (SSSR count). The quantitative estimate of drug-likeness (QED) is 0.163. The van der Waals surface area contributed by atoms with Gasteiger partial charge in [0.2, 0.25) is 5.91 Å². The minimum atomic E-state index is -0.429. The average molecular weight is 653 g/mol. The number of fused-ring (bicyclic) bond motifs is 1. The summed E-state index contributed by atoms with van der Waals surface area (Å²) in [6.07, 6.45) is 5.10. The number of hydrogen-bond donors (Lipinski definition) is 3. The molecule has 3 unspecified atom stereocenters. The lowest BCUT2D eigenvalue weighted by Crippen LogP contribution is -2.58. The average Bonchev–Trinajstić information content (AvgIpc) is 3.71. The van der Waals surface area contributed by atoms with Crippen LogP contribution in [0.1, 0.15) is 69.7 Å². The first-order chi connectivity index (χ1) is 22.8. The fraction of sp³-hybridized carbons (Fsp3) is 0.606. The molecule has 2 aromatic heterocycles. The maximum atomic E-state index is 13.7. The van der Waals surface area contributed by atoms with E-state index in [4.69, 9.17) is 19.9 Å². The van der Waals surface area contributed by atoms with E-state index in [9.17, 15) is 14.4 Å². The number of carbonyl (C=O) groups excluding carboxylic acids is 2. The van der Waals surface area contributed by atoms with E-state index >= 15 is 0 Å². The Bertz CT molecular complexity index is 1550. The van der Waals surface area contributed by atoms with Gasteiger partial charge in [0.25, 0.3) is 0 Å². The number of amides is 1. The van der Waals surface area contributed by atoms with Gasteiger partial charge in [0.15, 0.2) is 11.5 Å². The van der Waals surface area contributed by atoms with Gasteiger partial charge in [0.1, 0.15) is 11.7 Å². The van der Waals surface area contributed by atoms with Gasteiger partial charge < -0.3 is 30.2 Å². The van der Waals surface area contributed by atoms with Crippen molar-refractivity contribution in [2.45, 2.75) is 83.6 Å². The zero-order valence-electron chi connectivity index (χ0n) is 27.7. The molecule has 4 heterocycles. The third kappa shape index (κ3) is 8.48. The van der Waals surface area contributed by atoms with E-state index in [1.54, 1.807) is 4.57 Å². The normalized spacial score (nSPS) is 19.6. The fourth-order valence-corrected chi connectivity index (χ4v) is 6.34. The highest BCUT2D eigenvalue weighted by molar-refractivity contribution is 5.82. The summed E-state index contributed by atoms with van der Waals surface area (Å²) < 4.78 is 18.2. The van der Waals surface area contributed by atoms with E-state index in [2.05, 4.69) is 43.9 Å². The largest absolute Gasteiger partial charge is 0.469 e. The summed E-state index contributed by atoms with van der Waals surface area (Å²) in [5.41, 5.74) is 8.46. The number of benzene rings is 1. The van der Waals surface area contributed by atoms with Gasteiger partial charge in [-0.2, -0.15) is 9.97 Å². The Labute approximate surface area is 274 Å². The number of unbranched alkanes of at least 4 members (excludes halogenated alkanes) is 1. The predicted molar refractivity (Wildman–Crippen MR) is 177 cm³/mol. The number of aromatic nitrogens is 4. The SMILES string of the molecule is CCCCOc1nc(N)c2[nH]c(=O)n(C3CN(C(CCC)C(=O)NCc4ccc(CC(=O)OC)cc4)CCN3CC3CCCO3)c2n1. The number of nitrogens with two attached hydrogens (primary N) is 1.